The highest BCUT2D eigenvalue weighted by molar-refractivity contribution is 5.80. The Morgan fingerprint density at radius 1 is 1.15 bits per heavy atom. The Morgan fingerprint density at radius 3 is 2.81 bits per heavy atom. The average Bonchev–Trinajstić information content (AvgIpc) is 3.06. The zero-order valence-corrected chi connectivity index (χ0v) is 14.0. The van der Waals surface area contributed by atoms with E-state index in [1.54, 1.807) is 48.1 Å². The van der Waals surface area contributed by atoms with Gasteiger partial charge < -0.3 is 5.32 Å². The van der Waals surface area contributed by atoms with Gasteiger partial charge in [0.1, 0.15) is 12.4 Å². The van der Waals surface area contributed by atoms with Crippen LogP contribution in [0.15, 0.2) is 47.7 Å². The summed E-state index contributed by atoms with van der Waals surface area (Å²) >= 11 is 0. The predicted octanol–water partition coefficient (Wildman–Crippen LogP) is 0.459. The molecule has 0 aliphatic carbocycles. The summed E-state index contributed by atoms with van der Waals surface area (Å²) in [5, 5.41) is 10.7. The predicted molar refractivity (Wildman–Crippen MR) is 93.4 cm³/mol. The number of carbonyl (C=O) groups excluding carboxylic acids is 1. The normalized spacial score (nSPS) is 11.1. The van der Waals surface area contributed by atoms with Gasteiger partial charge in [0.15, 0.2) is 5.65 Å². The summed E-state index contributed by atoms with van der Waals surface area (Å²) in [6.45, 7) is 1.95. The molecule has 0 aliphatic rings. The second-order valence-corrected chi connectivity index (χ2v) is 5.78. The molecule has 1 amide bonds. The Balaban J connectivity index is 1.70. The third-order valence-electron chi connectivity index (χ3n) is 4.04. The quantitative estimate of drug-likeness (QED) is 0.573. The van der Waals surface area contributed by atoms with Crippen LogP contribution in [0.25, 0.3) is 16.8 Å². The Morgan fingerprint density at radius 2 is 2.00 bits per heavy atom. The van der Waals surface area contributed by atoms with E-state index in [9.17, 15) is 9.59 Å². The van der Waals surface area contributed by atoms with Crippen molar-refractivity contribution in [2.45, 2.75) is 20.0 Å². The van der Waals surface area contributed by atoms with Gasteiger partial charge >= 0.3 is 0 Å². The molecule has 0 saturated heterocycles. The minimum absolute atomic E-state index is 0.135. The first kappa shape index (κ1) is 15.9. The van der Waals surface area contributed by atoms with E-state index in [1.165, 1.54) is 4.57 Å². The Hall–Kier alpha value is -3.62. The largest absolute Gasteiger partial charge is 0.350 e. The van der Waals surface area contributed by atoms with E-state index in [1.807, 2.05) is 6.07 Å². The molecule has 4 rings (SSSR count). The van der Waals surface area contributed by atoms with Crippen LogP contribution in [-0.4, -0.2) is 35.0 Å². The van der Waals surface area contributed by atoms with Crippen LogP contribution >= 0.6 is 0 Å². The van der Waals surface area contributed by atoms with Gasteiger partial charge in [0.05, 0.1) is 5.52 Å². The maximum absolute atomic E-state index is 12.8. The number of fused-ring (bicyclic) bond motifs is 3. The molecule has 0 fully saturated rings. The number of hydrogen-bond donors (Lipinski definition) is 1. The minimum atomic E-state index is -0.386. The van der Waals surface area contributed by atoms with Crippen LogP contribution in [0.2, 0.25) is 0 Å². The summed E-state index contributed by atoms with van der Waals surface area (Å²) in [4.78, 5) is 33.5. The molecule has 0 unspecified atom stereocenters. The van der Waals surface area contributed by atoms with E-state index < -0.39 is 0 Å². The summed E-state index contributed by atoms with van der Waals surface area (Å²) in [6.07, 6.45) is 4.97. The van der Waals surface area contributed by atoms with Crippen molar-refractivity contribution in [3.05, 3.63) is 64.6 Å². The van der Waals surface area contributed by atoms with Crippen molar-refractivity contribution in [3.63, 3.8) is 0 Å². The van der Waals surface area contributed by atoms with Crippen molar-refractivity contribution in [1.82, 2.24) is 34.4 Å². The highest BCUT2D eigenvalue weighted by Gasteiger charge is 2.17. The highest BCUT2D eigenvalue weighted by atomic mass is 16.2. The summed E-state index contributed by atoms with van der Waals surface area (Å²) in [7, 11) is 0. The number of aryl methyl sites for hydroxylation is 1. The molecular formula is C17H15N7O2. The van der Waals surface area contributed by atoms with Crippen molar-refractivity contribution < 1.29 is 4.79 Å². The molecule has 0 aliphatic heterocycles. The van der Waals surface area contributed by atoms with Crippen LogP contribution in [0, 0.1) is 6.92 Å². The number of rotatable bonds is 4. The molecule has 1 N–H and O–H groups in total. The van der Waals surface area contributed by atoms with Gasteiger partial charge in [-0.1, -0.05) is 6.07 Å². The first-order chi connectivity index (χ1) is 12.6. The van der Waals surface area contributed by atoms with E-state index in [-0.39, 0.29) is 23.7 Å². The first-order valence-corrected chi connectivity index (χ1v) is 8.00. The maximum atomic E-state index is 12.8. The second kappa shape index (κ2) is 6.36. The molecule has 130 valence electrons. The maximum Gasteiger partial charge on any atom is 0.297 e. The highest BCUT2D eigenvalue weighted by Crippen LogP contribution is 2.12. The summed E-state index contributed by atoms with van der Waals surface area (Å²) in [5.41, 5.74) is 1.72. The smallest absolute Gasteiger partial charge is 0.297 e. The van der Waals surface area contributed by atoms with E-state index >= 15 is 0 Å². The summed E-state index contributed by atoms with van der Waals surface area (Å²) in [6, 6.07) is 7.13. The summed E-state index contributed by atoms with van der Waals surface area (Å²) < 4.78 is 2.96. The molecule has 0 atom stereocenters. The van der Waals surface area contributed by atoms with E-state index in [4.69, 9.17) is 0 Å². The number of pyridine rings is 2. The van der Waals surface area contributed by atoms with Crippen LogP contribution in [0.1, 0.15) is 11.4 Å². The molecule has 0 radical (unpaired) electrons. The molecule has 9 heteroatoms. The van der Waals surface area contributed by atoms with Gasteiger partial charge in [-0.3, -0.25) is 23.5 Å². The molecule has 0 bridgehead atoms. The van der Waals surface area contributed by atoms with Gasteiger partial charge in [0.25, 0.3) is 5.56 Å². The fourth-order valence-electron chi connectivity index (χ4n) is 2.82. The zero-order chi connectivity index (χ0) is 18.1. The fraction of sp³-hybridized carbons (Fsp3) is 0.176. The van der Waals surface area contributed by atoms with Gasteiger partial charge in [0.2, 0.25) is 11.6 Å². The van der Waals surface area contributed by atoms with E-state index in [0.29, 0.717) is 23.5 Å². The van der Waals surface area contributed by atoms with Gasteiger partial charge in [-0.2, -0.15) is 0 Å². The molecule has 4 aromatic heterocycles. The standard InChI is InChI=1S/C17H15N7O2/c1-11-21-22-16-17(26)23(13-5-3-7-19-15(13)24(11)16)10-14(25)20-9-12-4-2-6-18-8-12/h2-8H,9-10H2,1H3,(H,20,25). The Bertz CT molecular complexity index is 1160. The molecule has 26 heavy (non-hydrogen) atoms. The molecule has 4 heterocycles. The monoisotopic (exact) mass is 349 g/mol. The third kappa shape index (κ3) is 2.69. The van der Waals surface area contributed by atoms with Gasteiger partial charge in [0, 0.05) is 25.1 Å². The molecule has 4 aromatic rings. The SMILES string of the molecule is Cc1nnc2c(=O)n(CC(=O)NCc3cccnc3)c3cccnc3n12. The lowest BCUT2D eigenvalue weighted by molar-refractivity contribution is -0.121. The number of carbonyl (C=O) groups is 1. The minimum Gasteiger partial charge on any atom is -0.350 e. The van der Waals surface area contributed by atoms with Crippen LogP contribution in [-0.2, 0) is 17.9 Å². The van der Waals surface area contributed by atoms with Gasteiger partial charge in [-0.25, -0.2) is 4.98 Å². The van der Waals surface area contributed by atoms with Crippen LogP contribution < -0.4 is 10.9 Å². The van der Waals surface area contributed by atoms with Crippen molar-refractivity contribution in [2.75, 3.05) is 0 Å². The lowest BCUT2D eigenvalue weighted by Crippen LogP contribution is -2.33. The lowest BCUT2D eigenvalue weighted by Gasteiger charge is -2.11. The van der Waals surface area contributed by atoms with Crippen molar-refractivity contribution in [1.29, 1.82) is 0 Å². The second-order valence-electron chi connectivity index (χ2n) is 5.78. The third-order valence-corrected chi connectivity index (χ3v) is 4.04. The number of nitrogens with one attached hydrogen (secondary N) is 1. The van der Waals surface area contributed by atoms with Crippen molar-refractivity contribution >= 4 is 22.7 Å². The molecule has 9 nitrogen and oxygen atoms in total. The number of hydrogen-bond acceptors (Lipinski definition) is 6. The van der Waals surface area contributed by atoms with Gasteiger partial charge in [-0.05, 0) is 30.7 Å². The Labute approximate surface area is 147 Å². The first-order valence-electron chi connectivity index (χ1n) is 8.00. The summed E-state index contributed by atoms with van der Waals surface area (Å²) in [5.74, 6) is 0.274. The van der Waals surface area contributed by atoms with E-state index in [0.717, 1.165) is 5.56 Å². The fourth-order valence-corrected chi connectivity index (χ4v) is 2.82. The topological polar surface area (TPSA) is 107 Å². The molecule has 0 aromatic carbocycles. The van der Waals surface area contributed by atoms with Crippen molar-refractivity contribution in [3.8, 4) is 0 Å². The average molecular weight is 349 g/mol. The van der Waals surface area contributed by atoms with Crippen molar-refractivity contribution in [2.24, 2.45) is 0 Å². The van der Waals surface area contributed by atoms with Crippen LogP contribution in [0.5, 0.6) is 0 Å². The molecular weight excluding hydrogens is 334 g/mol. The van der Waals surface area contributed by atoms with Crippen LogP contribution in [0.4, 0.5) is 0 Å². The van der Waals surface area contributed by atoms with E-state index in [2.05, 4.69) is 25.5 Å². The number of amides is 1. The van der Waals surface area contributed by atoms with Crippen LogP contribution in [0.3, 0.4) is 0 Å². The number of aromatic nitrogens is 6. The lowest BCUT2D eigenvalue weighted by atomic mass is 10.3. The Kier molecular flexibility index (Phi) is 3.88. The van der Waals surface area contributed by atoms with Gasteiger partial charge in [-0.15, -0.1) is 10.2 Å². The zero-order valence-electron chi connectivity index (χ0n) is 14.0. The number of nitrogens with zero attached hydrogens (tertiary/aromatic N) is 6. The molecule has 0 saturated carbocycles. The molecule has 0 spiro atoms.